The van der Waals surface area contributed by atoms with E-state index in [1.807, 2.05) is 35.7 Å². The van der Waals surface area contributed by atoms with Gasteiger partial charge in [0.1, 0.15) is 10.5 Å². The number of thiophene rings is 1. The number of rotatable bonds is 3. The van der Waals surface area contributed by atoms with Crippen molar-refractivity contribution in [3.63, 3.8) is 0 Å². The lowest BCUT2D eigenvalue weighted by Gasteiger charge is -2.09. The topological polar surface area (TPSA) is 35.0 Å². The smallest absolute Gasteiger partial charge is 0.241 e. The van der Waals surface area contributed by atoms with E-state index in [1.54, 1.807) is 0 Å². The molecule has 2 heterocycles. The molecule has 0 saturated carbocycles. The van der Waals surface area contributed by atoms with E-state index in [1.165, 1.54) is 17.4 Å². The molecular weight excluding hydrogens is 410 g/mol. The molecule has 0 unspecified atom stereocenters. The molecular formula is C18H9BrF2N2OS. The van der Waals surface area contributed by atoms with Crippen LogP contribution in [0.15, 0.2) is 58.4 Å². The summed E-state index contributed by atoms with van der Waals surface area (Å²) < 4.78 is 34.3. The molecule has 0 radical (unpaired) electrons. The highest BCUT2D eigenvalue weighted by Crippen LogP contribution is 2.34. The second kappa shape index (κ2) is 6.50. The van der Waals surface area contributed by atoms with Crippen LogP contribution in [0.4, 0.5) is 8.78 Å². The molecule has 0 aliphatic heterocycles. The molecule has 4 rings (SSSR count). The van der Waals surface area contributed by atoms with Crippen LogP contribution in [0.25, 0.3) is 21.6 Å². The third-order valence-electron chi connectivity index (χ3n) is 3.48. The van der Waals surface area contributed by atoms with E-state index in [4.69, 9.17) is 4.74 Å². The first kappa shape index (κ1) is 16.1. The van der Waals surface area contributed by atoms with Crippen LogP contribution >= 0.6 is 27.3 Å². The minimum absolute atomic E-state index is 0.0865. The number of aromatic nitrogens is 2. The van der Waals surface area contributed by atoms with Crippen LogP contribution in [-0.4, -0.2) is 9.97 Å². The summed E-state index contributed by atoms with van der Waals surface area (Å²) in [4.78, 5) is 8.96. The molecule has 0 aliphatic carbocycles. The first-order valence-corrected chi connectivity index (χ1v) is 8.91. The van der Waals surface area contributed by atoms with Crippen LogP contribution in [0.5, 0.6) is 11.6 Å². The number of benzene rings is 2. The lowest BCUT2D eigenvalue weighted by Crippen LogP contribution is -1.96. The van der Waals surface area contributed by atoms with Crippen molar-refractivity contribution in [2.75, 3.05) is 0 Å². The fourth-order valence-electron chi connectivity index (χ4n) is 2.30. The minimum Gasteiger partial charge on any atom is -0.434 e. The van der Waals surface area contributed by atoms with Crippen molar-refractivity contribution in [3.8, 4) is 23.0 Å². The Balaban J connectivity index is 1.82. The van der Waals surface area contributed by atoms with E-state index >= 15 is 0 Å². The Hall–Kier alpha value is -2.38. The molecule has 7 heteroatoms. The Labute approximate surface area is 154 Å². The minimum atomic E-state index is -0.784. The number of nitrogens with zero attached hydrogens (tertiary/aromatic N) is 2. The van der Waals surface area contributed by atoms with E-state index in [0.717, 1.165) is 22.2 Å². The van der Waals surface area contributed by atoms with Crippen molar-refractivity contribution in [1.29, 1.82) is 0 Å². The Morgan fingerprint density at radius 1 is 0.960 bits per heavy atom. The van der Waals surface area contributed by atoms with E-state index in [-0.39, 0.29) is 11.6 Å². The summed E-state index contributed by atoms with van der Waals surface area (Å²) in [6.07, 6.45) is 0. The zero-order chi connectivity index (χ0) is 17.4. The van der Waals surface area contributed by atoms with Crippen molar-refractivity contribution >= 4 is 37.5 Å². The summed E-state index contributed by atoms with van der Waals surface area (Å²) >= 11 is 4.78. The zero-order valence-electron chi connectivity index (χ0n) is 12.5. The largest absolute Gasteiger partial charge is 0.434 e. The number of fused-ring (bicyclic) bond motifs is 1. The molecule has 0 atom stereocenters. The molecule has 0 bridgehead atoms. The lowest BCUT2D eigenvalue weighted by atomic mass is 10.2. The molecule has 2 aromatic heterocycles. The third kappa shape index (κ3) is 3.25. The standard InChI is InChI=1S/C18H9BrF2N2OS/c19-11-3-1-10(2-4-11)17-22-14-7-8-25-16(14)18(23-17)24-15-6-5-12(20)9-13(15)21/h1-9H. The summed E-state index contributed by atoms with van der Waals surface area (Å²) in [5.41, 5.74) is 1.51. The van der Waals surface area contributed by atoms with Gasteiger partial charge in [-0.05, 0) is 35.7 Å². The van der Waals surface area contributed by atoms with E-state index < -0.39 is 11.6 Å². The molecule has 0 spiro atoms. The maximum absolute atomic E-state index is 13.9. The van der Waals surface area contributed by atoms with Crippen LogP contribution in [0, 0.1) is 11.6 Å². The first-order valence-electron chi connectivity index (χ1n) is 7.24. The van der Waals surface area contributed by atoms with Gasteiger partial charge in [0.15, 0.2) is 17.4 Å². The van der Waals surface area contributed by atoms with E-state index in [9.17, 15) is 8.78 Å². The van der Waals surface area contributed by atoms with Crippen molar-refractivity contribution in [3.05, 3.63) is 70.0 Å². The summed E-state index contributed by atoms with van der Waals surface area (Å²) in [5, 5.41) is 1.86. The predicted octanol–water partition coefficient (Wildman–Crippen LogP) is 6.19. The normalized spacial score (nSPS) is 11.0. The highest BCUT2D eigenvalue weighted by Gasteiger charge is 2.15. The third-order valence-corrected chi connectivity index (χ3v) is 4.90. The number of hydrogen-bond donors (Lipinski definition) is 0. The van der Waals surface area contributed by atoms with Gasteiger partial charge in [-0.2, -0.15) is 4.98 Å². The van der Waals surface area contributed by atoms with Crippen LogP contribution in [-0.2, 0) is 0 Å². The fourth-order valence-corrected chi connectivity index (χ4v) is 3.32. The quantitative estimate of drug-likeness (QED) is 0.397. The number of halogens is 3. The van der Waals surface area contributed by atoms with Crippen molar-refractivity contribution < 1.29 is 13.5 Å². The fraction of sp³-hybridized carbons (Fsp3) is 0. The zero-order valence-corrected chi connectivity index (χ0v) is 14.9. The van der Waals surface area contributed by atoms with Crippen molar-refractivity contribution in [2.45, 2.75) is 0 Å². The summed E-state index contributed by atoms with van der Waals surface area (Å²) in [6.45, 7) is 0. The lowest BCUT2D eigenvalue weighted by molar-refractivity contribution is 0.429. The van der Waals surface area contributed by atoms with Gasteiger partial charge < -0.3 is 4.74 Å². The molecule has 124 valence electrons. The highest BCUT2D eigenvalue weighted by atomic mass is 79.9. The van der Waals surface area contributed by atoms with Gasteiger partial charge in [-0.1, -0.05) is 28.1 Å². The van der Waals surface area contributed by atoms with Gasteiger partial charge >= 0.3 is 0 Å². The average Bonchev–Trinajstić information content (AvgIpc) is 3.07. The Morgan fingerprint density at radius 3 is 2.52 bits per heavy atom. The number of hydrogen-bond acceptors (Lipinski definition) is 4. The Bertz CT molecular complexity index is 1070. The molecule has 0 N–H and O–H groups in total. The maximum Gasteiger partial charge on any atom is 0.241 e. The van der Waals surface area contributed by atoms with Gasteiger partial charge in [0.25, 0.3) is 0 Å². The molecule has 2 aromatic carbocycles. The van der Waals surface area contributed by atoms with Crippen LogP contribution in [0.1, 0.15) is 0 Å². The molecule has 4 aromatic rings. The SMILES string of the molecule is Fc1ccc(Oc2nc(-c3ccc(Br)cc3)nc3ccsc23)c(F)c1. The van der Waals surface area contributed by atoms with Gasteiger partial charge in [0.05, 0.1) is 5.52 Å². The summed E-state index contributed by atoms with van der Waals surface area (Å²) in [6, 6.07) is 12.5. The summed E-state index contributed by atoms with van der Waals surface area (Å²) in [7, 11) is 0. The highest BCUT2D eigenvalue weighted by molar-refractivity contribution is 9.10. The molecule has 0 fully saturated rings. The van der Waals surface area contributed by atoms with Gasteiger partial charge in [-0.3, -0.25) is 0 Å². The van der Waals surface area contributed by atoms with Crippen LogP contribution in [0.3, 0.4) is 0 Å². The van der Waals surface area contributed by atoms with Crippen molar-refractivity contribution in [1.82, 2.24) is 9.97 Å². The second-order valence-electron chi connectivity index (χ2n) is 5.17. The molecule has 25 heavy (non-hydrogen) atoms. The Morgan fingerprint density at radius 2 is 1.76 bits per heavy atom. The van der Waals surface area contributed by atoms with Gasteiger partial charge in [-0.25, -0.2) is 13.8 Å². The maximum atomic E-state index is 13.9. The van der Waals surface area contributed by atoms with Crippen molar-refractivity contribution in [2.24, 2.45) is 0 Å². The van der Waals surface area contributed by atoms with Crippen LogP contribution in [0.2, 0.25) is 0 Å². The predicted molar refractivity (Wildman–Crippen MR) is 97.0 cm³/mol. The van der Waals surface area contributed by atoms with Gasteiger partial charge in [0.2, 0.25) is 5.88 Å². The monoisotopic (exact) mass is 418 g/mol. The average molecular weight is 419 g/mol. The molecule has 0 aliphatic rings. The van der Waals surface area contributed by atoms with E-state index in [0.29, 0.717) is 16.0 Å². The molecule has 0 amide bonds. The van der Waals surface area contributed by atoms with Gasteiger partial charge in [-0.15, -0.1) is 11.3 Å². The molecule has 0 saturated heterocycles. The Kier molecular flexibility index (Phi) is 4.19. The van der Waals surface area contributed by atoms with Crippen LogP contribution < -0.4 is 4.74 Å². The second-order valence-corrected chi connectivity index (χ2v) is 7.00. The van der Waals surface area contributed by atoms with E-state index in [2.05, 4.69) is 25.9 Å². The number of ether oxygens (including phenoxy) is 1. The molecule has 3 nitrogen and oxygen atoms in total. The van der Waals surface area contributed by atoms with Gasteiger partial charge in [0, 0.05) is 16.1 Å². The summed E-state index contributed by atoms with van der Waals surface area (Å²) in [5.74, 6) is -0.825. The first-order chi connectivity index (χ1) is 12.1.